The Morgan fingerprint density at radius 3 is 2.25 bits per heavy atom. The second-order valence-corrected chi connectivity index (χ2v) is 5.95. The number of aromatic hydroxyl groups is 1. The van der Waals surface area contributed by atoms with E-state index in [2.05, 4.69) is 15.3 Å². The average Bonchev–Trinajstić information content (AvgIpc) is 2.53. The number of ether oxygens (including phenoxy) is 2. The van der Waals surface area contributed by atoms with E-state index < -0.39 is 26.7 Å². The first-order chi connectivity index (χ1) is 11.4. The maximum atomic E-state index is 12.1. The molecule has 1 aromatic heterocycles. The Labute approximate surface area is 137 Å². The van der Waals surface area contributed by atoms with Gasteiger partial charge in [0.2, 0.25) is 17.7 Å². The monoisotopic (exact) mass is 354 g/mol. The minimum Gasteiger partial charge on any atom is -0.507 e. The summed E-state index contributed by atoms with van der Waals surface area (Å²) in [6.45, 7) is 0. The minimum atomic E-state index is -4.27. The van der Waals surface area contributed by atoms with Crippen molar-refractivity contribution in [2.24, 2.45) is 0 Å². The Hall–Kier alpha value is -3.08. The number of rotatable bonds is 5. The van der Waals surface area contributed by atoms with Crippen LogP contribution in [0.4, 0.5) is 10.7 Å². The molecule has 0 aliphatic heterocycles. The van der Waals surface area contributed by atoms with Crippen molar-refractivity contribution < 1.29 is 27.8 Å². The fraction of sp³-hybridized carbons (Fsp3) is 0.154. The van der Waals surface area contributed by atoms with E-state index in [1.807, 2.05) is 0 Å². The van der Waals surface area contributed by atoms with Gasteiger partial charge in [0.05, 0.1) is 20.3 Å². The first-order valence-electron chi connectivity index (χ1n) is 6.44. The largest absolute Gasteiger partial charge is 0.507 e. The van der Waals surface area contributed by atoms with Crippen molar-refractivity contribution in [3.63, 3.8) is 0 Å². The molecule has 2 rings (SSSR count). The van der Waals surface area contributed by atoms with Crippen LogP contribution in [0.2, 0.25) is 0 Å². The summed E-state index contributed by atoms with van der Waals surface area (Å²) in [5.74, 6) is -0.491. The molecule has 0 saturated carbocycles. The number of phenols is 1. The number of anilines is 1. The van der Waals surface area contributed by atoms with Crippen molar-refractivity contribution in [2.45, 2.75) is 4.90 Å². The third kappa shape index (κ3) is 4.01. The van der Waals surface area contributed by atoms with Crippen molar-refractivity contribution in [1.29, 1.82) is 0 Å². The van der Waals surface area contributed by atoms with Gasteiger partial charge in [-0.3, -0.25) is 5.32 Å². The molecule has 0 spiro atoms. The highest BCUT2D eigenvalue weighted by Crippen LogP contribution is 2.21. The molecule has 1 heterocycles. The topological polar surface area (TPSA) is 140 Å². The number of hydrogen-bond acceptors (Lipinski definition) is 8. The van der Waals surface area contributed by atoms with E-state index in [-0.39, 0.29) is 17.7 Å². The van der Waals surface area contributed by atoms with E-state index >= 15 is 0 Å². The fourth-order valence-electron chi connectivity index (χ4n) is 1.66. The highest BCUT2D eigenvalue weighted by atomic mass is 32.2. The van der Waals surface area contributed by atoms with Crippen LogP contribution in [0.1, 0.15) is 0 Å². The number of sulfonamides is 1. The zero-order chi connectivity index (χ0) is 17.7. The number of nitrogens with zero attached hydrogens (tertiary/aromatic N) is 2. The molecular formula is C13H14N4O6S. The van der Waals surface area contributed by atoms with Crippen molar-refractivity contribution in [3.05, 3.63) is 30.3 Å². The SMILES string of the molecule is COc1cc(OC)nc(NC(=O)NS(=O)(=O)c2ccccc2O)n1. The quantitative estimate of drug-likeness (QED) is 0.713. The summed E-state index contributed by atoms with van der Waals surface area (Å²) >= 11 is 0. The van der Waals surface area contributed by atoms with E-state index in [9.17, 15) is 18.3 Å². The lowest BCUT2D eigenvalue weighted by molar-refractivity contribution is 0.256. The van der Waals surface area contributed by atoms with Gasteiger partial charge < -0.3 is 14.6 Å². The molecular weight excluding hydrogens is 340 g/mol. The maximum absolute atomic E-state index is 12.1. The van der Waals surface area contributed by atoms with Gasteiger partial charge >= 0.3 is 6.03 Å². The first-order valence-corrected chi connectivity index (χ1v) is 7.93. The van der Waals surface area contributed by atoms with Gasteiger partial charge in [0, 0.05) is 0 Å². The van der Waals surface area contributed by atoms with E-state index in [0.29, 0.717) is 0 Å². The van der Waals surface area contributed by atoms with Crippen LogP contribution >= 0.6 is 0 Å². The molecule has 0 saturated heterocycles. The normalized spacial score (nSPS) is 10.8. The number of aromatic nitrogens is 2. The van der Waals surface area contributed by atoms with Gasteiger partial charge in [-0.25, -0.2) is 17.9 Å². The van der Waals surface area contributed by atoms with Crippen LogP contribution in [-0.2, 0) is 10.0 Å². The lowest BCUT2D eigenvalue weighted by Crippen LogP contribution is -2.34. The van der Waals surface area contributed by atoms with Crippen molar-refractivity contribution >= 4 is 22.0 Å². The lowest BCUT2D eigenvalue weighted by Gasteiger charge is -2.10. The van der Waals surface area contributed by atoms with Crippen molar-refractivity contribution in [3.8, 4) is 17.5 Å². The molecule has 10 nitrogen and oxygen atoms in total. The molecule has 3 N–H and O–H groups in total. The predicted molar refractivity (Wildman–Crippen MR) is 82.6 cm³/mol. The zero-order valence-corrected chi connectivity index (χ0v) is 13.5. The zero-order valence-electron chi connectivity index (χ0n) is 12.7. The second kappa shape index (κ2) is 7.00. The Bertz CT molecular complexity index is 833. The average molecular weight is 354 g/mol. The van der Waals surface area contributed by atoms with E-state index in [4.69, 9.17) is 9.47 Å². The molecule has 0 radical (unpaired) electrons. The lowest BCUT2D eigenvalue weighted by atomic mass is 10.3. The standard InChI is InChI=1S/C13H14N4O6S/c1-22-10-7-11(23-2)15-12(14-10)16-13(19)17-24(20,21)9-6-4-3-5-8(9)18/h3-7,18H,1-2H3,(H2,14,15,16,17,19). The van der Waals surface area contributed by atoms with Gasteiger partial charge in [0.25, 0.3) is 10.0 Å². The number of urea groups is 1. The number of methoxy groups -OCH3 is 2. The molecule has 1 aromatic carbocycles. The molecule has 0 unspecified atom stereocenters. The summed E-state index contributed by atoms with van der Waals surface area (Å²) in [5, 5.41) is 11.7. The minimum absolute atomic E-state index is 0.112. The van der Waals surface area contributed by atoms with Crippen LogP contribution in [0, 0.1) is 0 Å². The summed E-state index contributed by atoms with van der Waals surface area (Å²) < 4.78 is 35.7. The number of carbonyl (C=O) groups excluding carboxylic acids is 1. The highest BCUT2D eigenvalue weighted by Gasteiger charge is 2.21. The van der Waals surface area contributed by atoms with E-state index in [1.54, 1.807) is 4.72 Å². The van der Waals surface area contributed by atoms with Gasteiger partial charge in [-0.05, 0) is 12.1 Å². The molecule has 2 aromatic rings. The molecule has 0 fully saturated rings. The van der Waals surface area contributed by atoms with E-state index in [1.165, 1.54) is 38.5 Å². The van der Waals surface area contributed by atoms with Crippen molar-refractivity contribution in [1.82, 2.24) is 14.7 Å². The maximum Gasteiger partial charge on any atom is 0.335 e. The number of hydrogen-bond donors (Lipinski definition) is 3. The third-order valence-electron chi connectivity index (χ3n) is 2.70. The van der Waals surface area contributed by atoms with Crippen molar-refractivity contribution in [2.75, 3.05) is 19.5 Å². The molecule has 11 heteroatoms. The molecule has 24 heavy (non-hydrogen) atoms. The number of nitrogens with one attached hydrogen (secondary N) is 2. The Kier molecular flexibility index (Phi) is 5.04. The van der Waals surface area contributed by atoms with Crippen LogP contribution in [0.15, 0.2) is 35.2 Å². The summed E-state index contributed by atoms with van der Waals surface area (Å²) in [5.41, 5.74) is 0. The third-order valence-corrected chi connectivity index (χ3v) is 4.08. The van der Waals surface area contributed by atoms with Crippen LogP contribution in [0.25, 0.3) is 0 Å². The van der Waals surface area contributed by atoms with Gasteiger partial charge in [-0.2, -0.15) is 9.97 Å². The van der Waals surface area contributed by atoms with Gasteiger partial charge in [0.15, 0.2) is 0 Å². The smallest absolute Gasteiger partial charge is 0.335 e. The molecule has 2 amide bonds. The first kappa shape index (κ1) is 17.3. The van der Waals surface area contributed by atoms with Crippen LogP contribution in [0.5, 0.6) is 17.5 Å². The molecule has 0 aliphatic carbocycles. The number of benzene rings is 1. The Morgan fingerprint density at radius 2 is 1.71 bits per heavy atom. The highest BCUT2D eigenvalue weighted by molar-refractivity contribution is 7.90. The Balaban J connectivity index is 2.18. The van der Waals surface area contributed by atoms with Crippen LogP contribution < -0.4 is 19.5 Å². The Morgan fingerprint density at radius 1 is 1.12 bits per heavy atom. The second-order valence-electron chi connectivity index (χ2n) is 4.30. The van der Waals surface area contributed by atoms with Gasteiger partial charge in [-0.15, -0.1) is 0 Å². The van der Waals surface area contributed by atoms with Gasteiger partial charge in [0.1, 0.15) is 10.6 Å². The number of para-hydroxylation sites is 1. The summed E-state index contributed by atoms with van der Waals surface area (Å²) in [6, 6.07) is 5.45. The number of phenolic OH excluding ortho intramolecular Hbond substituents is 1. The summed E-state index contributed by atoms with van der Waals surface area (Å²) in [6.07, 6.45) is 0. The van der Waals surface area contributed by atoms with Crippen LogP contribution in [-0.4, -0.2) is 43.7 Å². The molecule has 0 aliphatic rings. The molecule has 128 valence electrons. The fourth-order valence-corrected chi connectivity index (χ4v) is 2.66. The van der Waals surface area contributed by atoms with E-state index in [0.717, 1.165) is 6.07 Å². The summed E-state index contributed by atoms with van der Waals surface area (Å²) in [4.78, 5) is 19.1. The summed E-state index contributed by atoms with van der Waals surface area (Å²) in [7, 11) is -1.56. The molecule has 0 bridgehead atoms. The number of amides is 2. The molecule has 0 atom stereocenters. The predicted octanol–water partition coefficient (Wildman–Crippen LogP) is 0.710. The van der Waals surface area contributed by atoms with Gasteiger partial charge in [-0.1, -0.05) is 12.1 Å². The van der Waals surface area contributed by atoms with Crippen LogP contribution in [0.3, 0.4) is 0 Å². The number of carbonyl (C=O) groups is 1.